The lowest BCUT2D eigenvalue weighted by molar-refractivity contribution is -0.125. The molecule has 1 atom stereocenters. The highest BCUT2D eigenvalue weighted by Crippen LogP contribution is 2.03. The average molecular weight is 285 g/mol. The molecule has 0 saturated heterocycles. The summed E-state index contributed by atoms with van der Waals surface area (Å²) in [7, 11) is 0. The minimum absolute atomic E-state index is 0.158. The summed E-state index contributed by atoms with van der Waals surface area (Å²) < 4.78 is 0. The van der Waals surface area contributed by atoms with Gasteiger partial charge in [0.05, 0.1) is 5.33 Å². The van der Waals surface area contributed by atoms with Crippen molar-refractivity contribution in [3.63, 3.8) is 0 Å². The Labute approximate surface area is 102 Å². The molecule has 1 aromatic carbocycles. The molecule has 0 saturated carbocycles. The molecule has 0 spiro atoms. The summed E-state index contributed by atoms with van der Waals surface area (Å²) in [5.41, 5.74) is 6.18. The summed E-state index contributed by atoms with van der Waals surface area (Å²) in [5.74, 6) is -0.780. The van der Waals surface area contributed by atoms with Crippen molar-refractivity contribution in [2.45, 2.75) is 12.5 Å². The molecule has 0 fully saturated rings. The quantitative estimate of drug-likeness (QED) is 0.777. The maximum absolute atomic E-state index is 11.2. The molecule has 4 nitrogen and oxygen atoms in total. The number of nitrogens with one attached hydrogen (secondary N) is 1. The predicted molar refractivity (Wildman–Crippen MR) is 65.1 cm³/mol. The zero-order valence-corrected chi connectivity index (χ0v) is 10.2. The third-order valence-corrected chi connectivity index (χ3v) is 2.59. The lowest BCUT2D eigenvalue weighted by Crippen LogP contribution is -2.46. The Hall–Kier alpha value is -1.36. The third-order valence-electron chi connectivity index (χ3n) is 2.08. The number of nitrogens with two attached hydrogens (primary N) is 1. The van der Waals surface area contributed by atoms with E-state index in [-0.39, 0.29) is 11.2 Å². The van der Waals surface area contributed by atoms with E-state index in [0.717, 1.165) is 5.56 Å². The van der Waals surface area contributed by atoms with Crippen LogP contribution in [0.5, 0.6) is 0 Å². The molecule has 5 heteroatoms. The molecule has 1 rings (SSSR count). The van der Waals surface area contributed by atoms with E-state index in [0.29, 0.717) is 6.42 Å². The molecule has 0 radical (unpaired) electrons. The number of alkyl halides is 1. The van der Waals surface area contributed by atoms with Gasteiger partial charge in [0.1, 0.15) is 6.04 Å². The van der Waals surface area contributed by atoms with E-state index in [2.05, 4.69) is 21.2 Å². The van der Waals surface area contributed by atoms with Crippen LogP contribution in [0.3, 0.4) is 0 Å². The van der Waals surface area contributed by atoms with Crippen molar-refractivity contribution in [2.24, 2.45) is 5.73 Å². The highest BCUT2D eigenvalue weighted by Gasteiger charge is 2.17. The van der Waals surface area contributed by atoms with Crippen LogP contribution in [0, 0.1) is 0 Å². The number of hydrogen-bond donors (Lipinski definition) is 2. The van der Waals surface area contributed by atoms with Gasteiger partial charge in [0, 0.05) is 6.42 Å². The summed E-state index contributed by atoms with van der Waals surface area (Å²) in [4.78, 5) is 22.3. The predicted octanol–water partition coefficient (Wildman–Crippen LogP) is 0.594. The molecule has 0 aromatic heterocycles. The smallest absolute Gasteiger partial charge is 0.240 e. The van der Waals surface area contributed by atoms with Crippen molar-refractivity contribution in [1.82, 2.24) is 5.32 Å². The van der Waals surface area contributed by atoms with Gasteiger partial charge in [0.2, 0.25) is 11.8 Å². The first-order valence-corrected chi connectivity index (χ1v) is 5.94. The molecular weight excluding hydrogens is 272 g/mol. The van der Waals surface area contributed by atoms with Gasteiger partial charge in [0.15, 0.2) is 0 Å². The van der Waals surface area contributed by atoms with Crippen LogP contribution in [-0.2, 0) is 16.0 Å². The van der Waals surface area contributed by atoms with Crippen LogP contribution >= 0.6 is 15.9 Å². The summed E-state index contributed by atoms with van der Waals surface area (Å²) in [6.07, 6.45) is 0.412. The van der Waals surface area contributed by atoms with Crippen LogP contribution in [0.15, 0.2) is 30.3 Å². The monoisotopic (exact) mass is 284 g/mol. The average Bonchev–Trinajstić information content (AvgIpc) is 2.29. The van der Waals surface area contributed by atoms with E-state index < -0.39 is 11.9 Å². The summed E-state index contributed by atoms with van der Waals surface area (Å²) in [6, 6.07) is 8.75. The highest BCUT2D eigenvalue weighted by atomic mass is 79.9. The fourth-order valence-corrected chi connectivity index (χ4v) is 1.47. The molecule has 86 valence electrons. The number of rotatable bonds is 5. The zero-order valence-electron chi connectivity index (χ0n) is 8.65. The summed E-state index contributed by atoms with van der Waals surface area (Å²) in [5, 5.41) is 2.71. The van der Waals surface area contributed by atoms with Gasteiger partial charge in [-0.25, -0.2) is 0 Å². The Balaban J connectivity index is 2.65. The maximum Gasteiger partial charge on any atom is 0.240 e. The first-order valence-electron chi connectivity index (χ1n) is 4.82. The number of benzene rings is 1. The lowest BCUT2D eigenvalue weighted by atomic mass is 10.1. The second-order valence-electron chi connectivity index (χ2n) is 3.35. The van der Waals surface area contributed by atoms with E-state index >= 15 is 0 Å². The minimum atomic E-state index is -0.660. The Bertz CT molecular complexity index is 368. The fourth-order valence-electron chi connectivity index (χ4n) is 1.31. The summed E-state index contributed by atoms with van der Waals surface area (Å²) in [6.45, 7) is 0. The topological polar surface area (TPSA) is 72.2 Å². The number of carbonyl (C=O) groups is 2. The van der Waals surface area contributed by atoms with Gasteiger partial charge in [-0.15, -0.1) is 0 Å². The van der Waals surface area contributed by atoms with Crippen LogP contribution < -0.4 is 11.1 Å². The van der Waals surface area contributed by atoms with Crippen LogP contribution in [0.1, 0.15) is 5.56 Å². The van der Waals surface area contributed by atoms with Gasteiger partial charge in [-0.3, -0.25) is 9.59 Å². The Morgan fingerprint density at radius 3 is 2.44 bits per heavy atom. The molecule has 0 bridgehead atoms. The number of hydrogen-bond acceptors (Lipinski definition) is 2. The van der Waals surface area contributed by atoms with Crippen molar-refractivity contribution in [3.05, 3.63) is 35.9 Å². The number of halogens is 1. The van der Waals surface area contributed by atoms with E-state index in [9.17, 15) is 9.59 Å². The van der Waals surface area contributed by atoms with Crippen LogP contribution in [-0.4, -0.2) is 23.2 Å². The highest BCUT2D eigenvalue weighted by molar-refractivity contribution is 9.09. The molecule has 0 aliphatic heterocycles. The van der Waals surface area contributed by atoms with E-state index in [1.807, 2.05) is 30.3 Å². The maximum atomic E-state index is 11.2. The van der Waals surface area contributed by atoms with Gasteiger partial charge in [-0.2, -0.15) is 0 Å². The normalized spacial score (nSPS) is 11.8. The number of carbonyl (C=O) groups excluding carboxylic acids is 2. The Morgan fingerprint density at radius 2 is 1.94 bits per heavy atom. The summed E-state index contributed by atoms with van der Waals surface area (Å²) >= 11 is 3.01. The van der Waals surface area contributed by atoms with Gasteiger partial charge in [-0.1, -0.05) is 46.3 Å². The van der Waals surface area contributed by atoms with Crippen molar-refractivity contribution < 1.29 is 9.59 Å². The SMILES string of the molecule is NC(=O)[C@H](Cc1ccccc1)NC(=O)CBr. The fraction of sp³-hybridized carbons (Fsp3) is 0.273. The number of primary amides is 1. The minimum Gasteiger partial charge on any atom is -0.368 e. The largest absolute Gasteiger partial charge is 0.368 e. The van der Waals surface area contributed by atoms with Crippen LogP contribution in [0.25, 0.3) is 0 Å². The van der Waals surface area contributed by atoms with E-state index in [1.165, 1.54) is 0 Å². The van der Waals surface area contributed by atoms with Gasteiger partial charge in [-0.05, 0) is 5.56 Å². The second-order valence-corrected chi connectivity index (χ2v) is 3.91. The zero-order chi connectivity index (χ0) is 12.0. The number of amides is 2. The Kier molecular flexibility index (Phi) is 4.98. The van der Waals surface area contributed by atoms with E-state index in [1.54, 1.807) is 0 Å². The molecule has 0 unspecified atom stereocenters. The Morgan fingerprint density at radius 1 is 1.31 bits per heavy atom. The second kappa shape index (κ2) is 6.27. The van der Waals surface area contributed by atoms with Gasteiger partial charge >= 0.3 is 0 Å². The molecule has 3 N–H and O–H groups in total. The van der Waals surface area contributed by atoms with E-state index in [4.69, 9.17) is 5.73 Å². The van der Waals surface area contributed by atoms with Gasteiger partial charge in [0.25, 0.3) is 0 Å². The van der Waals surface area contributed by atoms with Crippen molar-refractivity contribution in [2.75, 3.05) is 5.33 Å². The van der Waals surface area contributed by atoms with Crippen molar-refractivity contribution in [1.29, 1.82) is 0 Å². The third kappa shape index (κ3) is 4.02. The molecule has 0 aliphatic carbocycles. The van der Waals surface area contributed by atoms with Crippen molar-refractivity contribution in [3.8, 4) is 0 Å². The molecule has 0 aliphatic rings. The standard InChI is InChI=1S/C11H13BrN2O2/c12-7-10(15)14-9(11(13)16)6-8-4-2-1-3-5-8/h1-5,9H,6-7H2,(H2,13,16)(H,14,15)/t9-/m0/s1. The first kappa shape index (κ1) is 12.7. The van der Waals surface area contributed by atoms with Crippen LogP contribution in [0.4, 0.5) is 0 Å². The van der Waals surface area contributed by atoms with Crippen LogP contribution in [0.2, 0.25) is 0 Å². The molecule has 1 aromatic rings. The molecule has 16 heavy (non-hydrogen) atoms. The van der Waals surface area contributed by atoms with Crippen molar-refractivity contribution >= 4 is 27.7 Å². The molecular formula is C11H13BrN2O2. The van der Waals surface area contributed by atoms with Gasteiger partial charge < -0.3 is 11.1 Å². The lowest BCUT2D eigenvalue weighted by Gasteiger charge is -2.14. The first-order chi connectivity index (χ1) is 7.63. The molecule has 2 amide bonds. The molecule has 0 heterocycles.